The molecule has 0 bridgehead atoms. The third-order valence-corrected chi connectivity index (χ3v) is 7.64. The Kier molecular flexibility index (Phi) is 9.84. The summed E-state index contributed by atoms with van der Waals surface area (Å²) in [6.45, 7) is 4.32. The predicted octanol–water partition coefficient (Wildman–Crippen LogP) is 9.00. The predicted molar refractivity (Wildman–Crippen MR) is 188 cm³/mol. The number of unbranched alkanes of at least 4 members (excludes halogenated alkanes) is 1. The summed E-state index contributed by atoms with van der Waals surface area (Å²) in [5.74, 6) is 0. The van der Waals surface area contributed by atoms with Crippen LogP contribution in [0.2, 0.25) is 0 Å². The van der Waals surface area contributed by atoms with Crippen LogP contribution in [0.5, 0.6) is 0 Å². The number of thiol groups is 1. The van der Waals surface area contributed by atoms with E-state index in [9.17, 15) is 0 Å². The monoisotopic (exact) mass is 567 g/mol. The molecule has 0 saturated heterocycles. The van der Waals surface area contributed by atoms with E-state index in [-0.39, 0.29) is 0 Å². The Hall–Kier alpha value is -4.22. The van der Waals surface area contributed by atoms with E-state index in [2.05, 4.69) is 160 Å². The minimum Gasteiger partial charge on any atom is -0.311 e. The zero-order valence-corrected chi connectivity index (χ0v) is 25.6. The highest BCUT2D eigenvalue weighted by Gasteiger charge is 2.17. The molecule has 0 fully saturated rings. The van der Waals surface area contributed by atoms with Crippen molar-refractivity contribution in [3.05, 3.63) is 139 Å². The highest BCUT2D eigenvalue weighted by molar-refractivity contribution is 7.80. The van der Waals surface area contributed by atoms with Crippen molar-refractivity contribution in [1.82, 2.24) is 0 Å². The van der Waals surface area contributed by atoms with E-state index in [1.807, 2.05) is 12.1 Å². The molecule has 0 amide bonds. The minimum atomic E-state index is 0.942. The van der Waals surface area contributed by atoms with Crippen LogP contribution in [0.25, 0.3) is 5.70 Å². The quantitative estimate of drug-likeness (QED) is 0.0893. The van der Waals surface area contributed by atoms with Crippen molar-refractivity contribution < 1.29 is 0 Å². The molecule has 210 valence electrons. The summed E-state index contributed by atoms with van der Waals surface area (Å²) in [6, 6.07) is 36.2. The van der Waals surface area contributed by atoms with Crippen LogP contribution in [0.3, 0.4) is 0 Å². The second kappa shape index (κ2) is 14.1. The number of nitrogens with zero attached hydrogens (tertiary/aromatic N) is 3. The van der Waals surface area contributed by atoms with Crippen LogP contribution in [0.15, 0.2) is 143 Å². The van der Waals surface area contributed by atoms with Crippen LogP contribution in [0.4, 0.5) is 22.7 Å². The maximum atomic E-state index is 5.25. The molecule has 0 aliphatic heterocycles. The van der Waals surface area contributed by atoms with Crippen LogP contribution in [-0.4, -0.2) is 13.6 Å². The Bertz CT molecular complexity index is 1540. The van der Waals surface area contributed by atoms with Crippen molar-refractivity contribution in [1.29, 1.82) is 0 Å². The van der Waals surface area contributed by atoms with Crippen molar-refractivity contribution in [2.75, 3.05) is 9.91 Å². The Morgan fingerprint density at radius 3 is 2.00 bits per heavy atom. The number of hydrogen-bond acceptors (Lipinski definition) is 4. The first-order valence-electron chi connectivity index (χ1n) is 14.8. The van der Waals surface area contributed by atoms with Crippen molar-refractivity contribution in [2.45, 2.75) is 44.4 Å². The van der Waals surface area contributed by atoms with Crippen molar-refractivity contribution in [3.63, 3.8) is 0 Å². The SMILES string of the molecule is Bc1ccc(N(c2ccc(S)cc2)c2ccc(N(/N=C(\C)C3=CCCC=C3)/C(=C/CCC)c3ccccc3)cc2)cc1. The molecule has 0 radical (unpaired) electrons. The molecule has 5 heteroatoms. The molecule has 0 N–H and O–H groups in total. The molecule has 0 heterocycles. The number of rotatable bonds is 10. The number of allylic oxidation sites excluding steroid dienone is 5. The first-order valence-corrected chi connectivity index (χ1v) is 15.2. The smallest absolute Gasteiger partial charge is 0.139 e. The average Bonchev–Trinajstić information content (AvgIpc) is 3.04. The highest BCUT2D eigenvalue weighted by atomic mass is 32.1. The molecule has 3 nitrogen and oxygen atoms in total. The average molecular weight is 568 g/mol. The Balaban J connectivity index is 1.59. The maximum Gasteiger partial charge on any atom is 0.139 e. The van der Waals surface area contributed by atoms with Gasteiger partial charge in [-0.2, -0.15) is 5.10 Å². The van der Waals surface area contributed by atoms with Gasteiger partial charge in [0.05, 0.1) is 17.1 Å². The fourth-order valence-electron chi connectivity index (χ4n) is 5.04. The fraction of sp³-hybridized carbons (Fsp3) is 0.162. The molecule has 4 aromatic carbocycles. The van der Waals surface area contributed by atoms with Crippen molar-refractivity contribution in [3.8, 4) is 0 Å². The molecular formula is C37H38BN3S. The van der Waals surface area contributed by atoms with Gasteiger partial charge >= 0.3 is 0 Å². The van der Waals surface area contributed by atoms with Crippen LogP contribution in [-0.2, 0) is 0 Å². The lowest BCUT2D eigenvalue weighted by Crippen LogP contribution is -2.18. The maximum absolute atomic E-state index is 5.25. The summed E-state index contributed by atoms with van der Waals surface area (Å²) in [6.07, 6.45) is 13.2. The lowest BCUT2D eigenvalue weighted by molar-refractivity contribution is 0.950. The second-order valence-electron chi connectivity index (χ2n) is 10.6. The van der Waals surface area contributed by atoms with Gasteiger partial charge in [-0.15, -0.1) is 12.6 Å². The molecule has 1 aliphatic carbocycles. The normalized spacial score (nSPS) is 13.5. The van der Waals surface area contributed by atoms with Crippen LogP contribution >= 0.6 is 12.6 Å². The first-order chi connectivity index (χ1) is 20.5. The molecule has 1 aliphatic rings. The van der Waals surface area contributed by atoms with Gasteiger partial charge in [0.25, 0.3) is 0 Å². The van der Waals surface area contributed by atoms with Gasteiger partial charge in [0.2, 0.25) is 0 Å². The molecule has 5 rings (SSSR count). The summed E-state index contributed by atoms with van der Waals surface area (Å²) in [5.41, 5.74) is 9.93. The molecule has 0 aromatic heterocycles. The van der Waals surface area contributed by atoms with E-state index in [1.54, 1.807) is 0 Å². The van der Waals surface area contributed by atoms with E-state index in [1.165, 1.54) is 11.0 Å². The van der Waals surface area contributed by atoms with E-state index in [0.29, 0.717) is 0 Å². The number of hydrogen-bond donors (Lipinski definition) is 1. The number of anilines is 4. The molecule has 0 spiro atoms. The van der Waals surface area contributed by atoms with Gasteiger partial charge in [0.15, 0.2) is 0 Å². The van der Waals surface area contributed by atoms with Gasteiger partial charge in [0.1, 0.15) is 7.85 Å². The molecule has 0 saturated carbocycles. The van der Waals surface area contributed by atoms with Crippen LogP contribution in [0, 0.1) is 0 Å². The van der Waals surface area contributed by atoms with E-state index < -0.39 is 0 Å². The van der Waals surface area contributed by atoms with Gasteiger partial charge < -0.3 is 4.90 Å². The molecule has 0 unspecified atom stereocenters. The highest BCUT2D eigenvalue weighted by Crippen LogP contribution is 2.37. The molecule has 0 atom stereocenters. The Labute approximate surface area is 257 Å². The summed E-state index contributed by atoms with van der Waals surface area (Å²) < 4.78 is 0. The van der Waals surface area contributed by atoms with Gasteiger partial charge in [-0.1, -0.05) is 85.6 Å². The first kappa shape index (κ1) is 29.3. The Morgan fingerprint density at radius 1 is 0.810 bits per heavy atom. The van der Waals surface area contributed by atoms with Crippen LogP contribution in [0.1, 0.15) is 45.1 Å². The molecule has 4 aromatic rings. The molecular weight excluding hydrogens is 529 g/mol. The third-order valence-electron chi connectivity index (χ3n) is 7.34. The van der Waals surface area contributed by atoms with E-state index in [0.717, 1.165) is 70.3 Å². The lowest BCUT2D eigenvalue weighted by atomic mass is 9.96. The lowest BCUT2D eigenvalue weighted by Gasteiger charge is -2.28. The summed E-state index contributed by atoms with van der Waals surface area (Å²) >= 11 is 4.51. The van der Waals surface area contributed by atoms with Gasteiger partial charge in [-0.05, 0) is 98.0 Å². The van der Waals surface area contributed by atoms with Crippen molar-refractivity contribution >= 4 is 60.1 Å². The Morgan fingerprint density at radius 2 is 1.40 bits per heavy atom. The van der Waals surface area contributed by atoms with Gasteiger partial charge in [-0.3, -0.25) is 0 Å². The third kappa shape index (κ3) is 7.16. The standard InChI is InChI=1S/C37H38BN3S/c1-3-4-15-37(30-13-9-6-10-14-30)41(39-28(2)29-11-7-5-8-12-29)35-22-20-33(21-23-35)40(32-18-16-31(38)17-19-32)34-24-26-36(42)27-25-34/h6-7,9-27,42H,3-5,8,38H2,1-2H3/b37-15+,39-28+. The summed E-state index contributed by atoms with van der Waals surface area (Å²) in [7, 11) is 2.12. The van der Waals surface area contributed by atoms with Gasteiger partial charge in [-0.25, -0.2) is 5.01 Å². The number of benzene rings is 4. The largest absolute Gasteiger partial charge is 0.311 e. The topological polar surface area (TPSA) is 18.8 Å². The van der Waals surface area contributed by atoms with Crippen LogP contribution < -0.4 is 15.4 Å². The summed E-state index contributed by atoms with van der Waals surface area (Å²) in [4.78, 5) is 3.22. The summed E-state index contributed by atoms with van der Waals surface area (Å²) in [5, 5.41) is 7.36. The van der Waals surface area contributed by atoms with Crippen molar-refractivity contribution in [2.24, 2.45) is 5.10 Å². The zero-order chi connectivity index (χ0) is 29.3. The zero-order valence-electron chi connectivity index (χ0n) is 24.7. The van der Waals surface area contributed by atoms with Gasteiger partial charge in [0, 0.05) is 22.0 Å². The fourth-order valence-corrected chi connectivity index (χ4v) is 5.19. The minimum absolute atomic E-state index is 0.942. The van der Waals surface area contributed by atoms with E-state index >= 15 is 0 Å². The number of hydrazone groups is 1. The molecule has 42 heavy (non-hydrogen) atoms. The van der Waals surface area contributed by atoms with E-state index in [4.69, 9.17) is 5.10 Å². The second-order valence-corrected chi connectivity index (χ2v) is 11.1.